The van der Waals surface area contributed by atoms with Gasteiger partial charge in [-0.15, -0.1) is 0 Å². The fourth-order valence-electron chi connectivity index (χ4n) is 11.8. The molecule has 2 aliphatic rings. The number of rotatable bonds is 44. The predicted octanol–water partition coefficient (Wildman–Crippen LogP) is 16.5. The molecule has 0 atom stereocenters. The van der Waals surface area contributed by atoms with E-state index >= 15 is 0 Å². The van der Waals surface area contributed by atoms with Crippen LogP contribution < -0.4 is 19.6 Å². The molecule has 65 heavy (non-hydrogen) atoms. The van der Waals surface area contributed by atoms with E-state index in [1.54, 1.807) is 0 Å². The molecule has 0 aromatic carbocycles. The fourth-order valence-corrected chi connectivity index (χ4v) is 17.8. The van der Waals surface area contributed by atoms with Gasteiger partial charge in [-0.05, 0) is 0 Å². The van der Waals surface area contributed by atoms with Gasteiger partial charge >= 0.3 is 395 Å². The molecule has 2 aliphatic carbocycles. The van der Waals surface area contributed by atoms with Gasteiger partial charge in [-0.25, -0.2) is 0 Å². The first-order valence-corrected chi connectivity index (χ1v) is 34.2. The topological polar surface area (TPSA) is 111 Å². The average molecular weight is 957 g/mol. The third kappa shape index (κ3) is 28.3. The van der Waals surface area contributed by atoms with Gasteiger partial charge in [-0.2, -0.15) is 0 Å². The summed E-state index contributed by atoms with van der Waals surface area (Å²) < 4.78 is 12.9. The van der Waals surface area contributed by atoms with E-state index in [-0.39, 0.29) is 42.3 Å². The number of hydrogen-bond donors (Lipinski definition) is 0. The van der Waals surface area contributed by atoms with Crippen molar-refractivity contribution in [1.82, 2.24) is 0 Å². The quantitative estimate of drug-likeness (QED) is 0.0444. The molecule has 0 aliphatic heterocycles. The molecule has 2 saturated carbocycles. The molecule has 0 bridgehead atoms. The number of hydrogen-bond acceptors (Lipinski definition) is 6. The second kappa shape index (κ2) is 34.9. The molecule has 0 saturated heterocycles. The monoisotopic (exact) mass is 957 g/mol. The number of unbranched alkanes of at least 4 members (excludes halogenated alkanes) is 30. The zero-order valence-electron chi connectivity index (χ0n) is 44.7. The van der Waals surface area contributed by atoms with E-state index in [4.69, 9.17) is 9.05 Å². The molecular weight excluding hydrogens is 843 g/mol. The van der Waals surface area contributed by atoms with Gasteiger partial charge in [0.1, 0.15) is 0 Å². The van der Waals surface area contributed by atoms with Gasteiger partial charge in [-0.1, -0.05) is 13.8 Å². The Morgan fingerprint density at radius 1 is 0.308 bits per heavy atom. The first kappa shape index (κ1) is 61.7. The summed E-state index contributed by atoms with van der Waals surface area (Å²) in [4.78, 5) is 58.2. The second-order valence-corrected chi connectivity index (χ2v) is 30.0. The van der Waals surface area contributed by atoms with Crippen LogP contribution in [0, 0.1) is 17.3 Å². The Kier molecular flexibility index (Phi) is 33.1. The summed E-state index contributed by atoms with van der Waals surface area (Å²) in [5, 5.41) is 0. The SMILES string of the molecule is CCCCCCCCCCCCCP([O-])([O-])(CCCCCCCC)OC1CCC(C(C)(C)C2CCC(OP([O-])([O-])(CCCCCCCC)CCCCCCCCCCCCC)CC2)CC1. The molecule has 0 aromatic rings. The molecule has 8 heteroatoms. The zero-order chi connectivity index (χ0) is 47.6. The summed E-state index contributed by atoms with van der Waals surface area (Å²) in [6.45, 7) is 13.8. The van der Waals surface area contributed by atoms with E-state index < -0.39 is 14.6 Å². The van der Waals surface area contributed by atoms with Crippen LogP contribution in [0.15, 0.2) is 0 Å². The molecule has 0 heterocycles. The van der Waals surface area contributed by atoms with E-state index in [0.717, 1.165) is 128 Å². The molecule has 0 unspecified atom stereocenters. The maximum atomic E-state index is 14.5. The van der Waals surface area contributed by atoms with Crippen molar-refractivity contribution in [2.75, 3.05) is 24.6 Å². The molecule has 2 rings (SSSR count). The van der Waals surface area contributed by atoms with Gasteiger partial charge < -0.3 is 0 Å². The standard InChI is InChI=1S/C57H114O6P2/c1-7-11-15-19-23-25-27-29-31-35-39-51-64(58,59,49-37-33-21-17-13-9-3)62-55-45-41-53(42-46-55)57(5,6)54-43-47-56(48-44-54)63-65(60,61,50-38-34-22-18-14-10-4)52-40-36-32-30-28-26-24-20-16-12-8-2/h53-56H,7-52H2,1-6H3/q-4. The van der Waals surface area contributed by atoms with Crippen molar-refractivity contribution < 1.29 is 28.6 Å². The molecular formula is C57H114O6P2-4. The van der Waals surface area contributed by atoms with Crippen LogP contribution in [-0.4, -0.2) is 36.9 Å². The second-order valence-electron chi connectivity index (χ2n) is 22.9. The Morgan fingerprint density at radius 3 is 0.692 bits per heavy atom. The van der Waals surface area contributed by atoms with Gasteiger partial charge in [0.05, 0.1) is 0 Å². The molecule has 6 nitrogen and oxygen atoms in total. The summed E-state index contributed by atoms with van der Waals surface area (Å²) >= 11 is 0. The van der Waals surface area contributed by atoms with Gasteiger partial charge in [0.25, 0.3) is 0 Å². The summed E-state index contributed by atoms with van der Waals surface area (Å²) in [6, 6.07) is 0. The maximum absolute atomic E-state index is 14.5. The van der Waals surface area contributed by atoms with E-state index in [1.807, 2.05) is 0 Å². The van der Waals surface area contributed by atoms with Gasteiger partial charge in [-0.3, -0.25) is 0 Å². The summed E-state index contributed by atoms with van der Waals surface area (Å²) in [5.74, 6) is 1.04. The van der Waals surface area contributed by atoms with Crippen LogP contribution in [-0.2, 0) is 9.05 Å². The van der Waals surface area contributed by atoms with Crippen molar-refractivity contribution in [1.29, 1.82) is 0 Å². The van der Waals surface area contributed by atoms with Crippen LogP contribution >= 0.6 is 14.6 Å². The van der Waals surface area contributed by atoms with Crippen molar-refractivity contribution >= 4 is 14.6 Å². The summed E-state index contributed by atoms with van der Waals surface area (Å²) in [6.07, 6.45) is 47.3. The molecule has 0 aromatic heterocycles. The van der Waals surface area contributed by atoms with Crippen LogP contribution in [0.25, 0.3) is 0 Å². The Bertz CT molecular complexity index is 1030. The third-order valence-corrected chi connectivity index (χ3v) is 22.8. The van der Waals surface area contributed by atoms with E-state index in [9.17, 15) is 19.6 Å². The Labute approximate surface area is 406 Å². The fraction of sp³-hybridized carbons (Fsp3) is 1.00. The van der Waals surface area contributed by atoms with Crippen LogP contribution in [0.5, 0.6) is 0 Å². The molecule has 0 spiro atoms. The normalized spacial score (nSPS) is 21.3. The van der Waals surface area contributed by atoms with Crippen LogP contribution in [0.2, 0.25) is 0 Å². The Balaban J connectivity index is 1.89. The van der Waals surface area contributed by atoms with Crippen molar-refractivity contribution in [3.8, 4) is 0 Å². The van der Waals surface area contributed by atoms with Gasteiger partial charge in [0.15, 0.2) is 0 Å². The Morgan fingerprint density at radius 2 is 0.492 bits per heavy atom. The van der Waals surface area contributed by atoms with Crippen molar-refractivity contribution in [2.24, 2.45) is 17.3 Å². The zero-order valence-corrected chi connectivity index (χ0v) is 46.5. The van der Waals surface area contributed by atoms with Crippen molar-refractivity contribution in [3.05, 3.63) is 0 Å². The summed E-state index contributed by atoms with van der Waals surface area (Å²) in [7, 11) is -9.46. The van der Waals surface area contributed by atoms with E-state index in [1.165, 1.54) is 141 Å². The van der Waals surface area contributed by atoms with Crippen LogP contribution in [0.4, 0.5) is 0 Å². The molecule has 0 N–H and O–H groups in total. The third-order valence-electron chi connectivity index (χ3n) is 16.5. The molecule has 2 fully saturated rings. The van der Waals surface area contributed by atoms with Crippen LogP contribution in [0.3, 0.4) is 0 Å². The first-order chi connectivity index (χ1) is 31.2. The van der Waals surface area contributed by atoms with E-state index in [2.05, 4.69) is 41.5 Å². The molecule has 0 amide bonds. The Hall–Kier alpha value is 0.620. The minimum absolute atomic E-state index is 0.110. The summed E-state index contributed by atoms with van der Waals surface area (Å²) in [5.41, 5.74) is 0.110. The van der Waals surface area contributed by atoms with Gasteiger partial charge in [0, 0.05) is 0 Å². The van der Waals surface area contributed by atoms with Gasteiger partial charge in [0.2, 0.25) is 0 Å². The molecule has 392 valence electrons. The van der Waals surface area contributed by atoms with Crippen molar-refractivity contribution in [3.63, 3.8) is 0 Å². The minimum atomic E-state index is -4.73. The first-order valence-electron chi connectivity index (χ1n) is 29.5. The van der Waals surface area contributed by atoms with Crippen molar-refractivity contribution in [2.45, 2.75) is 323 Å². The van der Waals surface area contributed by atoms with Crippen LogP contribution in [0.1, 0.15) is 311 Å². The molecule has 0 radical (unpaired) electrons. The average Bonchev–Trinajstić information content (AvgIpc) is 3.27. The van der Waals surface area contributed by atoms with E-state index in [0.29, 0.717) is 11.8 Å². The predicted molar refractivity (Wildman–Crippen MR) is 280 cm³/mol.